The van der Waals surface area contributed by atoms with Crippen molar-refractivity contribution in [2.24, 2.45) is 0 Å². The van der Waals surface area contributed by atoms with Gasteiger partial charge >= 0.3 is 0 Å². The van der Waals surface area contributed by atoms with Gasteiger partial charge < -0.3 is 15.6 Å². The lowest BCUT2D eigenvalue weighted by Gasteiger charge is -2.06. The van der Waals surface area contributed by atoms with E-state index in [9.17, 15) is 4.79 Å². The standard InChI is InChI=1S/C11H16N6OS/c1-2-8-13-4-6-17(8)5-3-9(18)14-7-10-15-16-11(12)19-10/h4,6H,2-3,5,7H2,1H3,(H2,12,16)(H,14,18). The molecule has 8 heteroatoms. The first-order valence-electron chi connectivity index (χ1n) is 6.03. The van der Waals surface area contributed by atoms with Gasteiger partial charge in [-0.15, -0.1) is 10.2 Å². The van der Waals surface area contributed by atoms with Gasteiger partial charge in [-0.25, -0.2) is 4.98 Å². The number of imidazole rings is 1. The van der Waals surface area contributed by atoms with E-state index < -0.39 is 0 Å². The van der Waals surface area contributed by atoms with E-state index in [1.165, 1.54) is 11.3 Å². The quantitative estimate of drug-likeness (QED) is 0.806. The molecule has 7 nitrogen and oxygen atoms in total. The molecule has 2 heterocycles. The van der Waals surface area contributed by atoms with E-state index in [2.05, 4.69) is 20.5 Å². The molecule has 0 fully saturated rings. The molecular weight excluding hydrogens is 264 g/mol. The van der Waals surface area contributed by atoms with Crippen LogP contribution in [-0.4, -0.2) is 25.7 Å². The Bertz CT molecular complexity index is 549. The number of aryl methyl sites for hydroxylation is 2. The first-order valence-corrected chi connectivity index (χ1v) is 6.85. The van der Waals surface area contributed by atoms with Gasteiger partial charge in [0, 0.05) is 31.8 Å². The maximum Gasteiger partial charge on any atom is 0.222 e. The molecule has 2 rings (SSSR count). The molecule has 19 heavy (non-hydrogen) atoms. The van der Waals surface area contributed by atoms with Gasteiger partial charge in [-0.2, -0.15) is 0 Å². The maximum atomic E-state index is 11.7. The van der Waals surface area contributed by atoms with Gasteiger partial charge in [0.25, 0.3) is 0 Å². The maximum absolute atomic E-state index is 11.7. The molecule has 2 aromatic heterocycles. The number of hydrogen-bond acceptors (Lipinski definition) is 6. The molecule has 2 aromatic rings. The Labute approximate surface area is 114 Å². The second-order valence-electron chi connectivity index (χ2n) is 3.95. The minimum Gasteiger partial charge on any atom is -0.374 e. The molecule has 0 saturated heterocycles. The lowest BCUT2D eigenvalue weighted by atomic mass is 10.3. The smallest absolute Gasteiger partial charge is 0.222 e. The van der Waals surface area contributed by atoms with Gasteiger partial charge in [0.2, 0.25) is 11.0 Å². The summed E-state index contributed by atoms with van der Waals surface area (Å²) in [5.74, 6) is 0.967. The Hall–Kier alpha value is -1.96. The third-order valence-corrected chi connectivity index (χ3v) is 3.37. The fourth-order valence-electron chi connectivity index (χ4n) is 1.68. The van der Waals surface area contributed by atoms with Crippen molar-refractivity contribution in [1.82, 2.24) is 25.1 Å². The highest BCUT2D eigenvalue weighted by atomic mass is 32.1. The largest absolute Gasteiger partial charge is 0.374 e. The number of nitrogens with one attached hydrogen (secondary N) is 1. The highest BCUT2D eigenvalue weighted by Crippen LogP contribution is 2.10. The number of aromatic nitrogens is 4. The third kappa shape index (κ3) is 3.75. The Morgan fingerprint density at radius 1 is 1.53 bits per heavy atom. The predicted octanol–water partition coefficient (Wildman–Crippen LogP) is 0.586. The number of nitrogen functional groups attached to an aromatic ring is 1. The molecule has 102 valence electrons. The SMILES string of the molecule is CCc1nccn1CCC(=O)NCc1nnc(N)s1. The molecule has 0 aliphatic rings. The summed E-state index contributed by atoms with van der Waals surface area (Å²) in [6.07, 6.45) is 4.91. The van der Waals surface area contributed by atoms with Crippen LogP contribution in [0.25, 0.3) is 0 Å². The van der Waals surface area contributed by atoms with Crippen molar-refractivity contribution < 1.29 is 4.79 Å². The highest BCUT2D eigenvalue weighted by Gasteiger charge is 2.06. The van der Waals surface area contributed by atoms with Gasteiger partial charge in [0.05, 0.1) is 6.54 Å². The molecule has 0 unspecified atom stereocenters. The van der Waals surface area contributed by atoms with Crippen molar-refractivity contribution in [3.05, 3.63) is 23.2 Å². The number of rotatable bonds is 6. The molecule has 3 N–H and O–H groups in total. The zero-order valence-electron chi connectivity index (χ0n) is 10.7. The van der Waals surface area contributed by atoms with Gasteiger partial charge in [-0.3, -0.25) is 4.79 Å². The van der Waals surface area contributed by atoms with Crippen molar-refractivity contribution >= 4 is 22.4 Å². The predicted molar refractivity (Wildman–Crippen MR) is 72.4 cm³/mol. The van der Waals surface area contributed by atoms with Gasteiger partial charge in [-0.1, -0.05) is 18.3 Å². The summed E-state index contributed by atoms with van der Waals surface area (Å²) in [6.45, 7) is 3.05. The lowest BCUT2D eigenvalue weighted by molar-refractivity contribution is -0.121. The first-order chi connectivity index (χ1) is 9.19. The zero-order valence-corrected chi connectivity index (χ0v) is 11.5. The van der Waals surface area contributed by atoms with Crippen LogP contribution in [0.3, 0.4) is 0 Å². The van der Waals surface area contributed by atoms with Crippen LogP contribution in [0.1, 0.15) is 24.2 Å². The van der Waals surface area contributed by atoms with Crippen molar-refractivity contribution in [3.63, 3.8) is 0 Å². The minimum atomic E-state index is -0.0236. The number of nitrogens with two attached hydrogens (primary N) is 1. The van der Waals surface area contributed by atoms with Crippen LogP contribution in [0.2, 0.25) is 0 Å². The van der Waals surface area contributed by atoms with Crippen LogP contribution in [0.4, 0.5) is 5.13 Å². The van der Waals surface area contributed by atoms with Crippen molar-refractivity contribution in [2.75, 3.05) is 5.73 Å². The molecule has 0 aromatic carbocycles. The van der Waals surface area contributed by atoms with E-state index in [-0.39, 0.29) is 5.91 Å². The van der Waals surface area contributed by atoms with Crippen LogP contribution >= 0.6 is 11.3 Å². The molecule has 0 aliphatic heterocycles. The monoisotopic (exact) mass is 280 g/mol. The molecule has 0 spiro atoms. The third-order valence-electron chi connectivity index (χ3n) is 2.62. The zero-order chi connectivity index (χ0) is 13.7. The van der Waals surface area contributed by atoms with Crippen molar-refractivity contribution in [1.29, 1.82) is 0 Å². The number of carbonyl (C=O) groups excluding carboxylic acids is 1. The Morgan fingerprint density at radius 2 is 2.37 bits per heavy atom. The van der Waals surface area contributed by atoms with E-state index in [0.717, 1.165) is 12.2 Å². The summed E-state index contributed by atoms with van der Waals surface area (Å²) < 4.78 is 1.99. The van der Waals surface area contributed by atoms with E-state index in [4.69, 9.17) is 5.73 Å². The van der Waals surface area contributed by atoms with E-state index in [1.807, 2.05) is 17.7 Å². The van der Waals surface area contributed by atoms with Crippen molar-refractivity contribution in [3.8, 4) is 0 Å². The fraction of sp³-hybridized carbons (Fsp3) is 0.455. The average Bonchev–Trinajstić information content (AvgIpc) is 3.02. The van der Waals surface area contributed by atoms with E-state index >= 15 is 0 Å². The summed E-state index contributed by atoms with van der Waals surface area (Å²) in [4.78, 5) is 15.9. The molecule has 0 bridgehead atoms. The second-order valence-corrected chi connectivity index (χ2v) is 5.04. The number of hydrogen-bond donors (Lipinski definition) is 2. The summed E-state index contributed by atoms with van der Waals surface area (Å²) in [5, 5.41) is 11.4. The molecule has 0 atom stereocenters. The fourth-order valence-corrected chi connectivity index (χ4v) is 2.23. The Morgan fingerprint density at radius 3 is 3.05 bits per heavy atom. The van der Waals surface area contributed by atoms with Crippen LogP contribution < -0.4 is 11.1 Å². The van der Waals surface area contributed by atoms with Crippen LogP contribution in [0.15, 0.2) is 12.4 Å². The number of amides is 1. The van der Waals surface area contributed by atoms with Crippen LogP contribution in [0, 0.1) is 0 Å². The minimum absolute atomic E-state index is 0.0236. The van der Waals surface area contributed by atoms with E-state index in [1.54, 1.807) is 6.20 Å². The van der Waals surface area contributed by atoms with Crippen molar-refractivity contribution in [2.45, 2.75) is 32.9 Å². The Kier molecular flexibility index (Phi) is 4.45. The lowest BCUT2D eigenvalue weighted by Crippen LogP contribution is -2.24. The second kappa shape index (κ2) is 6.28. The summed E-state index contributed by atoms with van der Waals surface area (Å²) in [5.41, 5.74) is 5.46. The first kappa shape index (κ1) is 13.5. The molecule has 0 aliphatic carbocycles. The number of anilines is 1. The summed E-state index contributed by atoms with van der Waals surface area (Å²) in [6, 6.07) is 0. The average molecular weight is 280 g/mol. The molecular formula is C11H16N6OS. The Balaban J connectivity index is 1.76. The molecule has 0 radical (unpaired) electrons. The molecule has 0 saturated carbocycles. The van der Waals surface area contributed by atoms with Gasteiger partial charge in [0.1, 0.15) is 10.8 Å². The summed E-state index contributed by atoms with van der Waals surface area (Å²) in [7, 11) is 0. The normalized spacial score (nSPS) is 10.6. The molecule has 1 amide bonds. The van der Waals surface area contributed by atoms with Crippen LogP contribution in [0.5, 0.6) is 0 Å². The highest BCUT2D eigenvalue weighted by molar-refractivity contribution is 7.15. The van der Waals surface area contributed by atoms with Gasteiger partial charge in [-0.05, 0) is 0 Å². The van der Waals surface area contributed by atoms with Gasteiger partial charge in [0.15, 0.2) is 0 Å². The number of carbonyl (C=O) groups is 1. The van der Waals surface area contributed by atoms with E-state index in [0.29, 0.717) is 29.6 Å². The topological polar surface area (TPSA) is 98.7 Å². The summed E-state index contributed by atoms with van der Waals surface area (Å²) >= 11 is 1.28. The number of nitrogens with zero attached hydrogens (tertiary/aromatic N) is 4. The van der Waals surface area contributed by atoms with Crippen LogP contribution in [-0.2, 0) is 24.3 Å².